The van der Waals surface area contributed by atoms with Crippen molar-refractivity contribution in [3.63, 3.8) is 0 Å². The minimum absolute atomic E-state index is 0.0403. The Bertz CT molecular complexity index is 838. The van der Waals surface area contributed by atoms with Gasteiger partial charge in [-0.15, -0.1) is 11.3 Å². The zero-order valence-electron chi connectivity index (χ0n) is 15.6. The maximum absolute atomic E-state index is 13.1. The van der Waals surface area contributed by atoms with Crippen LogP contribution < -0.4 is 0 Å². The first-order valence-electron chi connectivity index (χ1n) is 9.54. The zero-order chi connectivity index (χ0) is 18.9. The van der Waals surface area contributed by atoms with Crippen molar-refractivity contribution in [1.82, 2.24) is 19.8 Å². The van der Waals surface area contributed by atoms with Gasteiger partial charge in [0.2, 0.25) is 5.91 Å². The van der Waals surface area contributed by atoms with Crippen molar-refractivity contribution >= 4 is 23.2 Å². The van der Waals surface area contributed by atoms with Crippen LogP contribution in [-0.4, -0.2) is 51.2 Å². The molecule has 2 aliphatic heterocycles. The van der Waals surface area contributed by atoms with Crippen LogP contribution in [0.3, 0.4) is 0 Å². The smallest absolute Gasteiger partial charge is 0.273 e. The molecule has 0 saturated carbocycles. The number of likely N-dealkylation sites (tertiary alicyclic amines) is 2. The first kappa shape index (κ1) is 18.1. The number of hydrogen-bond donors (Lipinski definition) is 0. The molecule has 142 valence electrons. The second-order valence-corrected chi connectivity index (χ2v) is 8.37. The van der Waals surface area contributed by atoms with E-state index in [1.807, 2.05) is 33.4 Å². The highest BCUT2D eigenvalue weighted by atomic mass is 32.1. The Morgan fingerprint density at radius 2 is 2.15 bits per heavy atom. The molecule has 0 N–H and O–H groups in total. The van der Waals surface area contributed by atoms with Crippen LogP contribution >= 0.6 is 11.3 Å². The van der Waals surface area contributed by atoms with E-state index in [1.54, 1.807) is 17.5 Å². The van der Waals surface area contributed by atoms with Gasteiger partial charge in [0, 0.05) is 31.2 Å². The van der Waals surface area contributed by atoms with Gasteiger partial charge in [0.1, 0.15) is 5.69 Å². The number of carbonyl (C=O) groups is 2. The Balaban J connectivity index is 1.42. The van der Waals surface area contributed by atoms with E-state index in [0.29, 0.717) is 25.3 Å². The number of aromatic nitrogens is 2. The van der Waals surface area contributed by atoms with E-state index in [4.69, 9.17) is 0 Å². The van der Waals surface area contributed by atoms with E-state index in [2.05, 4.69) is 16.9 Å². The summed E-state index contributed by atoms with van der Waals surface area (Å²) in [6.07, 6.45) is 5.22. The minimum Gasteiger partial charge on any atom is -0.336 e. The highest BCUT2D eigenvalue weighted by molar-refractivity contribution is 7.09. The van der Waals surface area contributed by atoms with Crippen molar-refractivity contribution in [2.75, 3.05) is 19.6 Å². The Labute approximate surface area is 163 Å². The highest BCUT2D eigenvalue weighted by Crippen LogP contribution is 2.41. The first-order valence-corrected chi connectivity index (χ1v) is 10.4. The molecule has 2 aromatic rings. The monoisotopic (exact) mass is 384 g/mol. The zero-order valence-corrected chi connectivity index (χ0v) is 16.4. The molecule has 2 amide bonds. The predicted octanol–water partition coefficient (Wildman–Crippen LogP) is 2.76. The molecule has 4 rings (SSSR count). The van der Waals surface area contributed by atoms with Gasteiger partial charge < -0.3 is 9.80 Å². The molecule has 7 heteroatoms. The Morgan fingerprint density at radius 3 is 2.93 bits per heavy atom. The van der Waals surface area contributed by atoms with Crippen molar-refractivity contribution in [1.29, 1.82) is 0 Å². The molecule has 27 heavy (non-hydrogen) atoms. The molecular formula is C20H24N4O2S. The number of rotatable bonds is 5. The third-order valence-corrected chi connectivity index (χ3v) is 6.46. The molecule has 2 aliphatic rings. The second-order valence-electron chi connectivity index (χ2n) is 7.43. The van der Waals surface area contributed by atoms with Crippen LogP contribution in [0.5, 0.6) is 0 Å². The third-order valence-electron chi connectivity index (χ3n) is 5.56. The minimum atomic E-state index is -0.424. The highest BCUT2D eigenvalue weighted by Gasteiger charge is 2.51. The Morgan fingerprint density at radius 1 is 1.30 bits per heavy atom. The van der Waals surface area contributed by atoms with E-state index in [0.717, 1.165) is 42.9 Å². The van der Waals surface area contributed by atoms with Crippen molar-refractivity contribution in [2.45, 2.75) is 39.2 Å². The normalized spacial score (nSPS) is 22.2. The molecule has 2 aromatic heterocycles. The quantitative estimate of drug-likeness (QED) is 0.795. The number of pyridine rings is 1. The Kier molecular flexibility index (Phi) is 4.95. The fourth-order valence-electron chi connectivity index (χ4n) is 4.06. The van der Waals surface area contributed by atoms with Crippen molar-refractivity contribution < 1.29 is 9.59 Å². The number of thiazole rings is 1. The van der Waals surface area contributed by atoms with E-state index < -0.39 is 5.41 Å². The molecule has 0 aliphatic carbocycles. The van der Waals surface area contributed by atoms with E-state index in [1.165, 1.54) is 0 Å². The van der Waals surface area contributed by atoms with Gasteiger partial charge >= 0.3 is 0 Å². The van der Waals surface area contributed by atoms with E-state index in [9.17, 15) is 9.59 Å². The maximum Gasteiger partial charge on any atom is 0.273 e. The summed E-state index contributed by atoms with van der Waals surface area (Å²) < 4.78 is 0. The number of carbonyl (C=O) groups excluding carboxylic acids is 2. The summed E-state index contributed by atoms with van der Waals surface area (Å²) in [5.41, 5.74) is 1.00. The molecule has 2 saturated heterocycles. The summed E-state index contributed by atoms with van der Waals surface area (Å²) in [6, 6.07) is 5.76. The Hall–Kier alpha value is -2.28. The average Bonchev–Trinajstić information content (AvgIpc) is 3.39. The van der Waals surface area contributed by atoms with E-state index >= 15 is 0 Å². The fourth-order valence-corrected chi connectivity index (χ4v) is 4.93. The van der Waals surface area contributed by atoms with Gasteiger partial charge in [-0.05, 0) is 37.8 Å². The second kappa shape index (κ2) is 7.38. The van der Waals surface area contributed by atoms with Crippen LogP contribution in [0.2, 0.25) is 0 Å². The fraction of sp³-hybridized carbons (Fsp3) is 0.500. The standard InChI is InChI=1S/C20H24N4O2S/c1-2-5-17-22-16(13-27-17)18(25)24-11-8-20(14-24)7-10-23(19(20)26)12-15-6-3-4-9-21-15/h3-4,6,9,13H,2,5,7-8,10-12,14H2,1H3. The van der Waals surface area contributed by atoms with E-state index in [-0.39, 0.29) is 11.8 Å². The molecule has 1 unspecified atom stereocenters. The molecule has 0 radical (unpaired) electrons. The number of amides is 2. The molecule has 0 bridgehead atoms. The topological polar surface area (TPSA) is 66.4 Å². The molecule has 1 atom stereocenters. The summed E-state index contributed by atoms with van der Waals surface area (Å²) in [5, 5.41) is 2.86. The van der Waals surface area contributed by atoms with Crippen LogP contribution in [0.1, 0.15) is 47.4 Å². The summed E-state index contributed by atoms with van der Waals surface area (Å²) in [7, 11) is 0. The first-order chi connectivity index (χ1) is 13.1. The summed E-state index contributed by atoms with van der Waals surface area (Å²) >= 11 is 1.55. The van der Waals surface area contributed by atoms with Gasteiger partial charge in [-0.1, -0.05) is 13.0 Å². The molecular weight excluding hydrogens is 360 g/mol. The van der Waals surface area contributed by atoms with Crippen LogP contribution in [0.25, 0.3) is 0 Å². The molecule has 2 fully saturated rings. The predicted molar refractivity (Wildman–Crippen MR) is 103 cm³/mol. The molecule has 1 spiro atoms. The van der Waals surface area contributed by atoms with Crippen LogP contribution in [0.15, 0.2) is 29.8 Å². The van der Waals surface area contributed by atoms with Gasteiger partial charge in [0.25, 0.3) is 5.91 Å². The lowest BCUT2D eigenvalue weighted by molar-refractivity contribution is -0.135. The van der Waals surface area contributed by atoms with Crippen molar-refractivity contribution in [3.05, 3.63) is 46.2 Å². The lowest BCUT2D eigenvalue weighted by atomic mass is 9.85. The number of aryl methyl sites for hydroxylation is 1. The van der Waals surface area contributed by atoms with Crippen molar-refractivity contribution in [2.24, 2.45) is 5.41 Å². The van der Waals surface area contributed by atoms with Gasteiger partial charge in [-0.25, -0.2) is 4.98 Å². The largest absolute Gasteiger partial charge is 0.336 e. The van der Waals surface area contributed by atoms with Crippen molar-refractivity contribution in [3.8, 4) is 0 Å². The van der Waals surface area contributed by atoms with Crippen LogP contribution in [-0.2, 0) is 17.8 Å². The van der Waals surface area contributed by atoms with Crippen LogP contribution in [0, 0.1) is 5.41 Å². The van der Waals surface area contributed by atoms with Crippen LogP contribution in [0.4, 0.5) is 0 Å². The summed E-state index contributed by atoms with van der Waals surface area (Å²) in [5.74, 6) is 0.120. The maximum atomic E-state index is 13.1. The molecule has 6 nitrogen and oxygen atoms in total. The van der Waals surface area contributed by atoms with Gasteiger partial charge in [-0.2, -0.15) is 0 Å². The number of hydrogen-bond acceptors (Lipinski definition) is 5. The van der Waals surface area contributed by atoms with Gasteiger partial charge in [-0.3, -0.25) is 14.6 Å². The van der Waals surface area contributed by atoms with Gasteiger partial charge in [0.05, 0.1) is 22.7 Å². The lowest BCUT2D eigenvalue weighted by Gasteiger charge is -2.23. The third kappa shape index (κ3) is 3.48. The summed E-state index contributed by atoms with van der Waals surface area (Å²) in [6.45, 7) is 4.51. The molecule has 0 aromatic carbocycles. The average molecular weight is 385 g/mol. The lowest BCUT2D eigenvalue weighted by Crippen LogP contribution is -2.38. The SMILES string of the molecule is CCCc1nc(C(=O)N2CCC3(CCN(Cc4ccccn4)C3=O)C2)cs1. The van der Waals surface area contributed by atoms with Gasteiger partial charge in [0.15, 0.2) is 0 Å². The number of nitrogens with zero attached hydrogens (tertiary/aromatic N) is 4. The molecule has 4 heterocycles. The summed E-state index contributed by atoms with van der Waals surface area (Å²) in [4.78, 5) is 38.4.